The molecule has 0 N–H and O–H groups in total. The van der Waals surface area contributed by atoms with Crippen molar-refractivity contribution in [3.05, 3.63) is 89.5 Å². The van der Waals surface area contributed by atoms with Gasteiger partial charge in [-0.1, -0.05) is 54.6 Å². The third kappa shape index (κ3) is 3.47. The zero-order valence-corrected chi connectivity index (χ0v) is 24.3. The fraction of sp³-hybridized carbons (Fsp3) is 0.514. The van der Waals surface area contributed by atoms with Crippen LogP contribution in [-0.2, 0) is 18.4 Å². The van der Waals surface area contributed by atoms with Crippen LogP contribution in [0.2, 0.25) is 0 Å². The van der Waals surface area contributed by atoms with Gasteiger partial charge in [-0.2, -0.15) is 0 Å². The van der Waals surface area contributed by atoms with Crippen LogP contribution in [0, 0.1) is 23.2 Å². The summed E-state index contributed by atoms with van der Waals surface area (Å²) in [6.07, 6.45) is 9.38. The monoisotopic (exact) mass is 546 g/mol. The van der Waals surface area contributed by atoms with E-state index in [9.17, 15) is 0 Å². The molecule has 212 valence electrons. The summed E-state index contributed by atoms with van der Waals surface area (Å²) in [5.74, 6) is 5.21. The van der Waals surface area contributed by atoms with Crippen LogP contribution < -0.4 is 9.47 Å². The molecule has 0 radical (unpaired) electrons. The van der Waals surface area contributed by atoms with Crippen molar-refractivity contribution in [3.63, 3.8) is 0 Å². The van der Waals surface area contributed by atoms with Crippen molar-refractivity contribution in [2.75, 3.05) is 26.7 Å². The minimum Gasteiger partial charge on any atom is -0.493 e. The Kier molecular flexibility index (Phi) is 5.49. The summed E-state index contributed by atoms with van der Waals surface area (Å²) in [6, 6.07) is 27.5. The lowest BCUT2D eigenvalue weighted by Gasteiger charge is -2.66. The molecule has 5 fully saturated rings. The van der Waals surface area contributed by atoms with Crippen LogP contribution in [0.4, 0.5) is 0 Å². The largest absolute Gasteiger partial charge is 0.493 e. The summed E-state index contributed by atoms with van der Waals surface area (Å²) in [5, 5.41) is 0. The minimum absolute atomic E-state index is 0.156. The molecule has 5 unspecified atom stereocenters. The normalized spacial score (nSPS) is 35.1. The summed E-state index contributed by atoms with van der Waals surface area (Å²) in [5.41, 5.74) is 5.02. The first-order valence-electron chi connectivity index (χ1n) is 16.2. The number of hydrogen-bond donors (Lipinski definition) is 0. The second-order valence-electron chi connectivity index (χ2n) is 14.1. The topological polar surface area (TPSA) is 24.9 Å². The molecule has 6 atom stereocenters. The van der Waals surface area contributed by atoms with E-state index in [2.05, 4.69) is 82.6 Å². The van der Waals surface area contributed by atoms with Crippen LogP contribution in [0.15, 0.2) is 72.8 Å². The quantitative estimate of drug-likeness (QED) is 0.317. The third-order valence-corrected chi connectivity index (χ3v) is 12.4. The van der Waals surface area contributed by atoms with Crippen molar-refractivity contribution >= 4 is 0 Å². The Morgan fingerprint density at radius 3 is 2.46 bits per heavy atom. The van der Waals surface area contributed by atoms with Crippen LogP contribution in [0.1, 0.15) is 55.2 Å². The lowest BCUT2D eigenvalue weighted by molar-refractivity contribution is -0.106. The van der Waals surface area contributed by atoms with E-state index < -0.39 is 0 Å². The number of rotatable bonds is 7. The van der Waals surface area contributed by atoms with Gasteiger partial charge in [0.1, 0.15) is 5.75 Å². The second kappa shape index (κ2) is 9.09. The van der Waals surface area contributed by atoms with E-state index in [0.29, 0.717) is 23.4 Å². The molecule has 2 saturated heterocycles. The Morgan fingerprint density at radius 2 is 1.68 bits per heavy atom. The molecule has 3 aromatic carbocycles. The van der Waals surface area contributed by atoms with E-state index >= 15 is 0 Å². The van der Waals surface area contributed by atoms with E-state index in [-0.39, 0.29) is 5.41 Å². The highest BCUT2D eigenvalue weighted by Gasteiger charge is 2.76. The van der Waals surface area contributed by atoms with Crippen molar-refractivity contribution in [1.82, 2.24) is 9.80 Å². The Hall–Kier alpha value is -2.82. The van der Waals surface area contributed by atoms with E-state index in [4.69, 9.17) is 9.47 Å². The van der Waals surface area contributed by atoms with Crippen LogP contribution in [0.3, 0.4) is 0 Å². The van der Waals surface area contributed by atoms with Crippen LogP contribution in [-0.4, -0.2) is 48.6 Å². The lowest BCUT2D eigenvalue weighted by Crippen LogP contribution is -2.69. The number of likely N-dealkylation sites (tertiary alicyclic amines) is 2. The number of hydrogen-bond acceptors (Lipinski definition) is 4. The zero-order chi connectivity index (χ0) is 27.2. The van der Waals surface area contributed by atoms with Gasteiger partial charge in [-0.05, 0) is 104 Å². The highest BCUT2D eigenvalue weighted by Crippen LogP contribution is 2.77. The van der Waals surface area contributed by atoms with Gasteiger partial charge in [-0.3, -0.25) is 9.80 Å². The SMILES string of the molecule is COc1ccc2c(c1Oc1ccccc1)C13CCN(CC4CC4)C(C2)C12CCC1C3[C@H](CN1Cc1ccccc1)C2. The average Bonchev–Trinajstić information content (AvgIpc) is 3.71. The highest BCUT2D eigenvalue weighted by molar-refractivity contribution is 5.61. The summed E-state index contributed by atoms with van der Waals surface area (Å²) in [4.78, 5) is 5.85. The first-order chi connectivity index (χ1) is 20.2. The smallest absolute Gasteiger partial charge is 0.173 e. The zero-order valence-electron chi connectivity index (χ0n) is 24.3. The summed E-state index contributed by atoms with van der Waals surface area (Å²) >= 11 is 0. The van der Waals surface area contributed by atoms with Crippen molar-refractivity contribution in [2.45, 2.75) is 69.0 Å². The fourth-order valence-corrected chi connectivity index (χ4v) is 11.0. The minimum atomic E-state index is 0.156. The molecule has 4 bridgehead atoms. The Bertz CT molecular complexity index is 1450. The number of methoxy groups -OCH3 is 1. The number of ether oxygens (including phenoxy) is 2. The molecule has 0 spiro atoms. The van der Waals surface area contributed by atoms with E-state index in [1.165, 1.54) is 74.8 Å². The summed E-state index contributed by atoms with van der Waals surface area (Å²) in [7, 11) is 1.82. The number of nitrogens with zero attached hydrogens (tertiary/aromatic N) is 2. The maximum atomic E-state index is 6.92. The molecule has 2 heterocycles. The molecule has 0 aromatic heterocycles. The van der Waals surface area contributed by atoms with Gasteiger partial charge in [0.2, 0.25) is 0 Å². The predicted molar refractivity (Wildman–Crippen MR) is 161 cm³/mol. The average molecular weight is 547 g/mol. The lowest BCUT2D eigenvalue weighted by atomic mass is 9.43. The van der Waals surface area contributed by atoms with Crippen LogP contribution in [0.25, 0.3) is 0 Å². The van der Waals surface area contributed by atoms with Crippen LogP contribution in [0.5, 0.6) is 17.2 Å². The summed E-state index contributed by atoms with van der Waals surface area (Å²) in [6.45, 7) is 4.88. The molecule has 9 rings (SSSR count). The molecule has 0 amide bonds. The van der Waals surface area contributed by atoms with Gasteiger partial charge in [-0.15, -0.1) is 0 Å². The number of piperidine rings is 1. The molecule has 3 aromatic rings. The second-order valence-corrected chi connectivity index (χ2v) is 14.1. The summed E-state index contributed by atoms with van der Waals surface area (Å²) < 4.78 is 13.0. The Morgan fingerprint density at radius 1 is 0.878 bits per heavy atom. The van der Waals surface area contributed by atoms with Gasteiger partial charge in [-0.25, -0.2) is 0 Å². The molecule has 2 aliphatic heterocycles. The van der Waals surface area contributed by atoms with Crippen LogP contribution >= 0.6 is 0 Å². The predicted octanol–water partition coefficient (Wildman–Crippen LogP) is 7.07. The number of benzene rings is 3. The number of para-hydroxylation sites is 1. The van der Waals surface area contributed by atoms with Crippen molar-refractivity contribution in [2.24, 2.45) is 23.2 Å². The molecular weight excluding hydrogens is 504 g/mol. The van der Waals surface area contributed by atoms with Crippen molar-refractivity contribution in [1.29, 1.82) is 0 Å². The van der Waals surface area contributed by atoms with Gasteiger partial charge in [0.05, 0.1) is 7.11 Å². The molecule has 6 aliphatic rings. The molecule has 4 heteroatoms. The highest BCUT2D eigenvalue weighted by atomic mass is 16.5. The number of fused-ring (bicyclic) bond motifs is 1. The van der Waals surface area contributed by atoms with Gasteiger partial charge < -0.3 is 9.47 Å². The van der Waals surface area contributed by atoms with Gasteiger partial charge in [0.15, 0.2) is 11.5 Å². The fourth-order valence-electron chi connectivity index (χ4n) is 11.0. The van der Waals surface area contributed by atoms with E-state index in [1.807, 2.05) is 7.11 Å². The first-order valence-corrected chi connectivity index (χ1v) is 16.2. The Labute approximate surface area is 244 Å². The van der Waals surface area contributed by atoms with E-state index in [1.54, 1.807) is 0 Å². The van der Waals surface area contributed by atoms with Gasteiger partial charge in [0, 0.05) is 42.7 Å². The molecular formula is C37H42N2O2. The Balaban J connectivity index is 1.20. The molecule has 4 aliphatic carbocycles. The molecule has 3 saturated carbocycles. The van der Waals surface area contributed by atoms with Crippen molar-refractivity contribution in [3.8, 4) is 17.2 Å². The maximum Gasteiger partial charge on any atom is 0.173 e. The van der Waals surface area contributed by atoms with Crippen molar-refractivity contribution < 1.29 is 9.47 Å². The molecule has 4 nitrogen and oxygen atoms in total. The third-order valence-electron chi connectivity index (χ3n) is 12.4. The first kappa shape index (κ1) is 24.7. The maximum absolute atomic E-state index is 6.92. The van der Waals surface area contributed by atoms with Gasteiger partial charge in [0.25, 0.3) is 0 Å². The molecule has 41 heavy (non-hydrogen) atoms. The van der Waals surface area contributed by atoms with E-state index in [0.717, 1.165) is 42.0 Å². The van der Waals surface area contributed by atoms with Gasteiger partial charge >= 0.3 is 0 Å². The standard InChI is InChI=1S/C37H42N2O2/c1-40-31-15-14-27-20-32-36-17-16-30-33(28(21-36)24-39(30)23-25-8-4-2-5-9-25)37(36,18-19-38(32)22-26-12-13-26)34(27)35(31)41-29-10-6-3-7-11-29/h2-11,14-15,26,28,30,32-33H,12-13,16-24H2,1H3/t28-,30?,32?,33?,36?,37?/m0/s1.